The third-order valence-corrected chi connectivity index (χ3v) is 5.81. The van der Waals surface area contributed by atoms with E-state index >= 15 is 0 Å². The van der Waals surface area contributed by atoms with Gasteiger partial charge in [0.1, 0.15) is 18.1 Å². The van der Waals surface area contributed by atoms with Crippen LogP contribution in [0.2, 0.25) is 0 Å². The highest BCUT2D eigenvalue weighted by Crippen LogP contribution is 2.24. The largest absolute Gasteiger partial charge is 0.489 e. The van der Waals surface area contributed by atoms with Gasteiger partial charge < -0.3 is 14.6 Å². The normalized spacial score (nSPS) is 11.0. The van der Waals surface area contributed by atoms with E-state index in [1.165, 1.54) is 5.56 Å². The van der Waals surface area contributed by atoms with Crippen molar-refractivity contribution in [3.05, 3.63) is 93.1 Å². The van der Waals surface area contributed by atoms with Crippen molar-refractivity contribution in [2.45, 2.75) is 54.7 Å². The van der Waals surface area contributed by atoms with Crippen LogP contribution in [0.25, 0.3) is 0 Å². The molecule has 0 radical (unpaired) electrons. The molecule has 0 saturated carbocycles. The van der Waals surface area contributed by atoms with E-state index in [4.69, 9.17) is 9.26 Å². The van der Waals surface area contributed by atoms with Gasteiger partial charge in [0, 0.05) is 0 Å². The molecule has 176 valence electrons. The first-order chi connectivity index (χ1) is 16.2. The molecule has 0 saturated heterocycles. The van der Waals surface area contributed by atoms with Crippen LogP contribution in [0.15, 0.2) is 47.0 Å². The minimum Gasteiger partial charge on any atom is -0.489 e. The van der Waals surface area contributed by atoms with Crippen molar-refractivity contribution in [3.63, 3.8) is 0 Å². The number of aromatic nitrogens is 3. The van der Waals surface area contributed by atoms with Crippen molar-refractivity contribution < 1.29 is 14.1 Å². The number of benzene rings is 2. The van der Waals surface area contributed by atoms with Gasteiger partial charge in [-0.1, -0.05) is 41.1 Å². The van der Waals surface area contributed by atoms with E-state index < -0.39 is 0 Å². The van der Waals surface area contributed by atoms with E-state index in [1.54, 1.807) is 6.92 Å². The number of aryl methyl sites for hydroxylation is 5. The predicted octanol–water partition coefficient (Wildman–Crippen LogP) is 5.60. The van der Waals surface area contributed by atoms with E-state index in [1.807, 2.05) is 50.6 Å². The second kappa shape index (κ2) is 9.55. The molecule has 2 heterocycles. The second-order valence-electron chi connectivity index (χ2n) is 8.82. The topological polar surface area (TPSA) is 82.2 Å². The lowest BCUT2D eigenvalue weighted by Crippen LogP contribution is -2.16. The number of amides is 1. The number of carbonyl (C=O) groups excluding carboxylic acids is 1. The molecule has 4 aromatic rings. The summed E-state index contributed by atoms with van der Waals surface area (Å²) in [5.74, 6) is 0.948. The number of nitrogens with one attached hydrogen (secondary N) is 1. The van der Waals surface area contributed by atoms with Crippen LogP contribution in [0.1, 0.15) is 55.5 Å². The molecular formula is C27H30N4O3. The quantitative estimate of drug-likeness (QED) is 0.390. The maximum Gasteiger partial charge on any atom is 0.278 e. The van der Waals surface area contributed by atoms with Crippen molar-refractivity contribution in [2.24, 2.45) is 0 Å². The molecule has 2 aromatic heterocycles. The van der Waals surface area contributed by atoms with Crippen LogP contribution < -0.4 is 10.1 Å². The number of nitrogens with zero attached hydrogens (tertiary/aromatic N) is 3. The van der Waals surface area contributed by atoms with Gasteiger partial charge in [0.2, 0.25) is 0 Å². The molecule has 0 aliphatic carbocycles. The molecule has 0 spiro atoms. The average Bonchev–Trinajstić information content (AvgIpc) is 3.26. The highest BCUT2D eigenvalue weighted by molar-refractivity contribution is 6.04. The zero-order chi connectivity index (χ0) is 24.4. The number of hydrogen-bond acceptors (Lipinski definition) is 5. The molecule has 1 amide bonds. The molecule has 0 bridgehead atoms. The third kappa shape index (κ3) is 5.03. The van der Waals surface area contributed by atoms with Crippen LogP contribution >= 0.6 is 0 Å². The van der Waals surface area contributed by atoms with Crippen LogP contribution in [0.3, 0.4) is 0 Å². The molecule has 1 N–H and O–H groups in total. The van der Waals surface area contributed by atoms with E-state index in [0.717, 1.165) is 33.8 Å². The molecular weight excluding hydrogens is 428 g/mol. The Morgan fingerprint density at radius 1 is 1.00 bits per heavy atom. The van der Waals surface area contributed by atoms with Gasteiger partial charge in [-0.25, -0.2) is 0 Å². The van der Waals surface area contributed by atoms with Gasteiger partial charge in [-0.05, 0) is 70.4 Å². The highest BCUT2D eigenvalue weighted by Gasteiger charge is 2.23. The first kappa shape index (κ1) is 23.3. The van der Waals surface area contributed by atoms with Crippen LogP contribution in [-0.2, 0) is 13.2 Å². The highest BCUT2D eigenvalue weighted by atomic mass is 16.5. The average molecular weight is 459 g/mol. The molecule has 0 aliphatic heterocycles. The Balaban J connectivity index is 1.52. The number of hydrogen-bond donors (Lipinski definition) is 1. The standard InChI is InChI=1S/C27H30N4O3/c1-16-8-7-9-22(11-16)14-31-20(5)25(19(4)29-31)28-27(32)26-24(21(6)34-30-26)15-33-23-12-17(2)10-18(3)13-23/h7-13H,14-15H2,1-6H3,(H,28,32). The summed E-state index contributed by atoms with van der Waals surface area (Å²) in [5.41, 5.74) is 7.72. The van der Waals surface area contributed by atoms with Crippen molar-refractivity contribution in [1.29, 1.82) is 0 Å². The van der Waals surface area contributed by atoms with Crippen molar-refractivity contribution >= 4 is 11.6 Å². The zero-order valence-electron chi connectivity index (χ0n) is 20.5. The molecule has 4 rings (SSSR count). The maximum atomic E-state index is 13.2. The van der Waals surface area contributed by atoms with Gasteiger partial charge in [-0.15, -0.1) is 0 Å². The van der Waals surface area contributed by atoms with E-state index in [9.17, 15) is 4.79 Å². The maximum absolute atomic E-state index is 13.2. The summed E-state index contributed by atoms with van der Waals surface area (Å²) in [6, 6.07) is 14.3. The van der Waals surface area contributed by atoms with Gasteiger partial charge in [0.05, 0.1) is 29.2 Å². The molecule has 7 heteroatoms. The number of ether oxygens (including phenoxy) is 1. The van der Waals surface area contributed by atoms with Crippen molar-refractivity contribution in [3.8, 4) is 5.75 Å². The molecule has 0 fully saturated rings. The zero-order valence-corrected chi connectivity index (χ0v) is 20.5. The predicted molar refractivity (Wildman–Crippen MR) is 131 cm³/mol. The summed E-state index contributed by atoms with van der Waals surface area (Å²) in [4.78, 5) is 13.2. The van der Waals surface area contributed by atoms with Gasteiger partial charge in [-0.3, -0.25) is 9.48 Å². The fourth-order valence-electron chi connectivity index (χ4n) is 4.10. The summed E-state index contributed by atoms with van der Waals surface area (Å²) in [7, 11) is 0. The summed E-state index contributed by atoms with van der Waals surface area (Å²) in [5, 5.41) is 11.6. The molecule has 0 aliphatic rings. The lowest BCUT2D eigenvalue weighted by atomic mass is 10.1. The second-order valence-corrected chi connectivity index (χ2v) is 8.82. The van der Waals surface area contributed by atoms with Gasteiger partial charge in [0.15, 0.2) is 5.69 Å². The lowest BCUT2D eigenvalue weighted by molar-refractivity contribution is 0.101. The third-order valence-electron chi connectivity index (χ3n) is 5.81. The Bertz CT molecular complexity index is 1330. The Morgan fingerprint density at radius 3 is 2.44 bits per heavy atom. The minimum absolute atomic E-state index is 0.186. The summed E-state index contributed by atoms with van der Waals surface area (Å²) < 4.78 is 13.2. The molecule has 2 aromatic carbocycles. The Kier molecular flexibility index (Phi) is 6.54. The van der Waals surface area contributed by atoms with Crippen molar-refractivity contribution in [2.75, 3.05) is 5.32 Å². The first-order valence-corrected chi connectivity index (χ1v) is 11.3. The Hall–Kier alpha value is -3.87. The lowest BCUT2D eigenvalue weighted by Gasteiger charge is -2.09. The number of anilines is 1. The van der Waals surface area contributed by atoms with E-state index in [0.29, 0.717) is 23.6 Å². The fourth-order valence-corrected chi connectivity index (χ4v) is 4.10. The van der Waals surface area contributed by atoms with Gasteiger partial charge in [0.25, 0.3) is 5.91 Å². The monoisotopic (exact) mass is 458 g/mol. The minimum atomic E-state index is -0.350. The first-order valence-electron chi connectivity index (χ1n) is 11.3. The van der Waals surface area contributed by atoms with Gasteiger partial charge >= 0.3 is 0 Å². The van der Waals surface area contributed by atoms with Crippen LogP contribution in [0, 0.1) is 41.5 Å². The molecule has 7 nitrogen and oxygen atoms in total. The number of rotatable bonds is 7. The molecule has 0 unspecified atom stereocenters. The van der Waals surface area contributed by atoms with Crippen LogP contribution in [-0.4, -0.2) is 20.8 Å². The smallest absolute Gasteiger partial charge is 0.278 e. The molecule has 34 heavy (non-hydrogen) atoms. The Labute approximate surface area is 199 Å². The SMILES string of the molecule is Cc1cccc(Cn2nc(C)c(NC(=O)c3noc(C)c3COc3cc(C)cc(C)c3)c2C)c1. The number of carbonyl (C=O) groups is 1. The summed E-state index contributed by atoms with van der Waals surface area (Å²) in [6.45, 7) is 12.5. The van der Waals surface area contributed by atoms with Gasteiger partial charge in [-0.2, -0.15) is 5.10 Å². The fraction of sp³-hybridized carbons (Fsp3) is 0.296. The molecule has 0 atom stereocenters. The van der Waals surface area contributed by atoms with Crippen LogP contribution in [0.5, 0.6) is 5.75 Å². The van der Waals surface area contributed by atoms with E-state index in [2.05, 4.69) is 46.8 Å². The van der Waals surface area contributed by atoms with Crippen molar-refractivity contribution in [1.82, 2.24) is 14.9 Å². The summed E-state index contributed by atoms with van der Waals surface area (Å²) in [6.07, 6.45) is 0. The summed E-state index contributed by atoms with van der Waals surface area (Å²) >= 11 is 0. The van der Waals surface area contributed by atoms with Crippen LogP contribution in [0.4, 0.5) is 5.69 Å². The van der Waals surface area contributed by atoms with E-state index in [-0.39, 0.29) is 18.2 Å². The Morgan fingerprint density at radius 2 is 1.74 bits per heavy atom.